The van der Waals surface area contributed by atoms with E-state index in [1.807, 2.05) is 11.0 Å². The van der Waals surface area contributed by atoms with E-state index in [9.17, 15) is 4.79 Å². The predicted molar refractivity (Wildman–Crippen MR) is 78.2 cm³/mol. The number of benzene rings is 1. The van der Waals surface area contributed by atoms with Crippen molar-refractivity contribution in [1.29, 1.82) is 0 Å². The average molecular weight is 332 g/mol. The Morgan fingerprint density at radius 3 is 2.94 bits per heavy atom. The molecule has 1 saturated heterocycles. The molecule has 3 nitrogen and oxygen atoms in total. The number of piperidine rings is 1. The van der Waals surface area contributed by atoms with Gasteiger partial charge in [0.2, 0.25) is 0 Å². The van der Waals surface area contributed by atoms with E-state index in [0.717, 1.165) is 23.9 Å². The minimum atomic E-state index is -0.0635. The van der Waals surface area contributed by atoms with Crippen LogP contribution in [-0.4, -0.2) is 23.5 Å². The van der Waals surface area contributed by atoms with Crippen molar-refractivity contribution >= 4 is 39.2 Å². The number of hydrogen-bond donors (Lipinski definition) is 1. The fraction of sp³-hybridized carbons (Fsp3) is 0.462. The molecule has 1 aliphatic heterocycles. The molecular weight excluding hydrogens is 316 g/mol. The van der Waals surface area contributed by atoms with Crippen LogP contribution in [0.3, 0.4) is 0 Å². The molecule has 1 aliphatic rings. The molecule has 0 unspecified atom stereocenters. The first-order chi connectivity index (χ1) is 8.58. The molecule has 1 N–H and O–H groups in total. The zero-order chi connectivity index (χ0) is 13.1. The highest BCUT2D eigenvalue weighted by Crippen LogP contribution is 2.26. The first kappa shape index (κ1) is 13.7. The van der Waals surface area contributed by atoms with Gasteiger partial charge in [-0.15, -0.1) is 0 Å². The molecule has 2 rings (SSSR count). The van der Waals surface area contributed by atoms with Crippen LogP contribution < -0.4 is 5.32 Å². The monoisotopic (exact) mass is 330 g/mol. The maximum Gasteiger partial charge on any atom is 0.322 e. The number of likely N-dealkylation sites (tertiary alicyclic amines) is 1. The summed E-state index contributed by atoms with van der Waals surface area (Å²) in [5.41, 5.74) is 0.655. The lowest BCUT2D eigenvalue weighted by molar-refractivity contribution is 0.170. The average Bonchev–Trinajstić information content (AvgIpc) is 2.33. The number of carbonyl (C=O) groups is 1. The quantitative estimate of drug-likeness (QED) is 0.807. The summed E-state index contributed by atoms with van der Waals surface area (Å²) in [6, 6.07) is 5.68. The van der Waals surface area contributed by atoms with Gasteiger partial charge in [-0.05, 0) is 44.4 Å². The van der Waals surface area contributed by atoms with Gasteiger partial charge in [0.1, 0.15) is 0 Å². The van der Waals surface area contributed by atoms with Gasteiger partial charge in [-0.1, -0.05) is 27.5 Å². The second-order valence-corrected chi connectivity index (χ2v) is 5.92. The number of amides is 2. The van der Waals surface area contributed by atoms with Crippen LogP contribution in [0.1, 0.15) is 26.2 Å². The summed E-state index contributed by atoms with van der Waals surface area (Å²) in [7, 11) is 0. The van der Waals surface area contributed by atoms with Gasteiger partial charge >= 0.3 is 6.03 Å². The molecule has 0 saturated carbocycles. The Balaban J connectivity index is 2.06. The Bertz CT molecular complexity index is 453. The van der Waals surface area contributed by atoms with Crippen molar-refractivity contribution < 1.29 is 4.79 Å². The van der Waals surface area contributed by atoms with E-state index in [4.69, 9.17) is 11.6 Å². The fourth-order valence-electron chi connectivity index (χ4n) is 2.18. The van der Waals surface area contributed by atoms with Gasteiger partial charge in [-0.25, -0.2) is 4.79 Å². The van der Waals surface area contributed by atoms with Crippen molar-refractivity contribution in [3.05, 3.63) is 27.7 Å². The van der Waals surface area contributed by atoms with E-state index < -0.39 is 0 Å². The number of nitrogens with one attached hydrogen (secondary N) is 1. The third-order valence-corrected chi connectivity index (χ3v) is 4.04. The molecule has 1 heterocycles. The first-order valence-electron chi connectivity index (χ1n) is 6.10. The van der Waals surface area contributed by atoms with Gasteiger partial charge < -0.3 is 10.2 Å². The van der Waals surface area contributed by atoms with E-state index >= 15 is 0 Å². The summed E-state index contributed by atoms with van der Waals surface area (Å²) in [6.07, 6.45) is 3.34. The zero-order valence-corrected chi connectivity index (χ0v) is 12.6. The van der Waals surface area contributed by atoms with Crippen molar-refractivity contribution in [1.82, 2.24) is 4.90 Å². The highest BCUT2D eigenvalue weighted by atomic mass is 79.9. The maximum absolute atomic E-state index is 12.2. The summed E-state index contributed by atoms with van der Waals surface area (Å²) in [5.74, 6) is 0. The molecule has 1 fully saturated rings. The minimum absolute atomic E-state index is 0.0635. The Labute approximate surface area is 121 Å². The Kier molecular flexibility index (Phi) is 4.51. The van der Waals surface area contributed by atoms with Gasteiger partial charge in [0, 0.05) is 17.1 Å². The number of rotatable bonds is 1. The van der Waals surface area contributed by atoms with Crippen molar-refractivity contribution in [3.8, 4) is 0 Å². The minimum Gasteiger partial charge on any atom is -0.322 e. The first-order valence-corrected chi connectivity index (χ1v) is 7.27. The zero-order valence-electron chi connectivity index (χ0n) is 10.2. The molecule has 1 aromatic carbocycles. The number of urea groups is 1. The Morgan fingerprint density at radius 1 is 1.50 bits per heavy atom. The third kappa shape index (κ3) is 3.18. The molecular formula is C13H16BrClN2O. The van der Waals surface area contributed by atoms with Crippen LogP contribution in [0.2, 0.25) is 5.02 Å². The molecule has 2 amide bonds. The van der Waals surface area contributed by atoms with Crippen molar-refractivity contribution in [2.24, 2.45) is 0 Å². The van der Waals surface area contributed by atoms with Gasteiger partial charge in [0.15, 0.2) is 0 Å². The molecule has 0 aliphatic carbocycles. The van der Waals surface area contributed by atoms with E-state index in [2.05, 4.69) is 28.2 Å². The van der Waals surface area contributed by atoms with Gasteiger partial charge in [0.25, 0.3) is 0 Å². The molecule has 1 aromatic rings. The van der Waals surface area contributed by atoms with Crippen molar-refractivity contribution in [2.75, 3.05) is 11.9 Å². The van der Waals surface area contributed by atoms with Crippen LogP contribution >= 0.6 is 27.5 Å². The summed E-state index contributed by atoms with van der Waals surface area (Å²) in [5, 5.41) is 3.42. The van der Waals surface area contributed by atoms with Gasteiger partial charge in [-0.3, -0.25) is 0 Å². The summed E-state index contributed by atoms with van der Waals surface area (Å²) in [4.78, 5) is 14.0. The summed E-state index contributed by atoms with van der Waals surface area (Å²) >= 11 is 9.43. The van der Waals surface area contributed by atoms with E-state index in [1.165, 1.54) is 6.42 Å². The lowest BCUT2D eigenvalue weighted by Gasteiger charge is -2.33. The maximum atomic E-state index is 12.2. The molecule has 0 spiro atoms. The standard InChI is InChI=1S/C13H16BrClN2O/c1-9-4-2-3-7-17(9)13(18)16-12-6-5-10(14)8-11(12)15/h5-6,8-9H,2-4,7H2,1H3,(H,16,18)/t9-/m1/s1. The topological polar surface area (TPSA) is 32.3 Å². The SMILES string of the molecule is C[C@@H]1CCCCN1C(=O)Nc1ccc(Br)cc1Cl. The number of nitrogens with zero attached hydrogens (tertiary/aromatic N) is 1. The predicted octanol–water partition coefficient (Wildman–Crippen LogP) is 4.51. The van der Waals surface area contributed by atoms with E-state index in [-0.39, 0.29) is 6.03 Å². The Morgan fingerprint density at radius 2 is 2.28 bits per heavy atom. The molecule has 5 heteroatoms. The second kappa shape index (κ2) is 5.93. The molecule has 18 heavy (non-hydrogen) atoms. The number of hydrogen-bond acceptors (Lipinski definition) is 1. The highest BCUT2D eigenvalue weighted by Gasteiger charge is 2.23. The van der Waals surface area contributed by atoms with Crippen LogP contribution in [0, 0.1) is 0 Å². The molecule has 0 aromatic heterocycles. The summed E-state index contributed by atoms with van der Waals surface area (Å²) in [6.45, 7) is 2.91. The van der Waals surface area contributed by atoms with Crippen LogP contribution in [0.25, 0.3) is 0 Å². The lowest BCUT2D eigenvalue weighted by Crippen LogP contribution is -2.44. The molecule has 0 radical (unpaired) electrons. The normalized spacial score (nSPS) is 19.7. The van der Waals surface area contributed by atoms with Crippen LogP contribution in [0.5, 0.6) is 0 Å². The van der Waals surface area contributed by atoms with Crippen LogP contribution in [0.4, 0.5) is 10.5 Å². The van der Waals surface area contributed by atoms with Gasteiger partial charge in [0.05, 0.1) is 10.7 Å². The Hall–Kier alpha value is -0.740. The van der Waals surface area contributed by atoms with E-state index in [1.54, 1.807) is 12.1 Å². The van der Waals surface area contributed by atoms with E-state index in [0.29, 0.717) is 16.8 Å². The second-order valence-electron chi connectivity index (χ2n) is 4.59. The number of carbonyl (C=O) groups excluding carboxylic acids is 1. The largest absolute Gasteiger partial charge is 0.322 e. The smallest absolute Gasteiger partial charge is 0.322 e. The molecule has 0 bridgehead atoms. The highest BCUT2D eigenvalue weighted by molar-refractivity contribution is 9.10. The summed E-state index contributed by atoms with van der Waals surface area (Å²) < 4.78 is 0.900. The number of anilines is 1. The number of halogens is 2. The lowest BCUT2D eigenvalue weighted by atomic mass is 10.0. The molecule has 98 valence electrons. The van der Waals surface area contributed by atoms with Crippen molar-refractivity contribution in [2.45, 2.75) is 32.2 Å². The van der Waals surface area contributed by atoms with Crippen LogP contribution in [-0.2, 0) is 0 Å². The van der Waals surface area contributed by atoms with Crippen LogP contribution in [0.15, 0.2) is 22.7 Å². The third-order valence-electron chi connectivity index (χ3n) is 3.24. The fourth-order valence-corrected chi connectivity index (χ4v) is 2.90. The van der Waals surface area contributed by atoms with Gasteiger partial charge in [-0.2, -0.15) is 0 Å². The van der Waals surface area contributed by atoms with Crippen molar-refractivity contribution in [3.63, 3.8) is 0 Å². The molecule has 1 atom stereocenters.